The normalized spacial score (nSPS) is 20.2. The summed E-state index contributed by atoms with van der Waals surface area (Å²) in [6.07, 6.45) is 6.06. The van der Waals surface area contributed by atoms with Crippen LogP contribution in [0.25, 0.3) is 0 Å². The van der Waals surface area contributed by atoms with E-state index in [1.807, 2.05) is 6.92 Å². The lowest BCUT2D eigenvalue weighted by Crippen LogP contribution is -2.49. The number of terminal acetylenes is 1. The van der Waals surface area contributed by atoms with Crippen molar-refractivity contribution in [3.63, 3.8) is 0 Å². The Balaban J connectivity index is 5.29. The van der Waals surface area contributed by atoms with E-state index in [0.717, 1.165) is 6.42 Å². The molecule has 0 heterocycles. The van der Waals surface area contributed by atoms with Gasteiger partial charge in [-0.2, -0.15) is 0 Å². The standard InChI is InChI=1S/C18H36O2Si/c1-11-13(3)16(19)15(5)17(14(4)12-2)20-21(9,10)18(6,7)8/h1,13-17,19H,12H2,2-10H3/t13-,14+,15+,16-,17-/m0/s1. The van der Waals surface area contributed by atoms with Crippen molar-refractivity contribution in [3.05, 3.63) is 0 Å². The van der Waals surface area contributed by atoms with Gasteiger partial charge in [-0.3, -0.25) is 0 Å². The summed E-state index contributed by atoms with van der Waals surface area (Å²) in [5, 5.41) is 10.7. The molecule has 0 aliphatic heterocycles. The van der Waals surface area contributed by atoms with Crippen LogP contribution in [0.3, 0.4) is 0 Å². The van der Waals surface area contributed by atoms with E-state index in [2.05, 4.69) is 60.6 Å². The average Bonchev–Trinajstić information content (AvgIpc) is 2.40. The third-order valence-electron chi connectivity index (χ3n) is 5.27. The summed E-state index contributed by atoms with van der Waals surface area (Å²) >= 11 is 0. The Labute approximate surface area is 133 Å². The first-order chi connectivity index (χ1) is 9.39. The van der Waals surface area contributed by atoms with E-state index in [0.29, 0.717) is 5.92 Å². The Bertz CT molecular complexity index is 351. The molecule has 0 saturated carbocycles. The molecular weight excluding hydrogens is 276 g/mol. The van der Waals surface area contributed by atoms with Crippen LogP contribution in [0.2, 0.25) is 18.1 Å². The van der Waals surface area contributed by atoms with Crippen LogP contribution in [-0.2, 0) is 4.43 Å². The van der Waals surface area contributed by atoms with E-state index >= 15 is 0 Å². The minimum absolute atomic E-state index is 0.0418. The zero-order valence-corrected chi connectivity index (χ0v) is 16.5. The van der Waals surface area contributed by atoms with Crippen LogP contribution in [0.1, 0.15) is 54.9 Å². The van der Waals surface area contributed by atoms with Crippen molar-refractivity contribution in [1.82, 2.24) is 0 Å². The Morgan fingerprint density at radius 3 is 2.00 bits per heavy atom. The fourth-order valence-electron chi connectivity index (χ4n) is 2.24. The first-order valence-corrected chi connectivity index (χ1v) is 11.1. The van der Waals surface area contributed by atoms with Crippen molar-refractivity contribution in [1.29, 1.82) is 0 Å². The van der Waals surface area contributed by atoms with Gasteiger partial charge in [0.05, 0.1) is 12.2 Å². The molecule has 2 nitrogen and oxygen atoms in total. The first kappa shape index (κ1) is 20.7. The zero-order chi connectivity index (χ0) is 17.0. The molecule has 0 fully saturated rings. The molecule has 0 radical (unpaired) electrons. The van der Waals surface area contributed by atoms with Gasteiger partial charge in [0.25, 0.3) is 0 Å². The number of aliphatic hydroxyl groups is 1. The van der Waals surface area contributed by atoms with Gasteiger partial charge in [-0.1, -0.05) is 48.0 Å². The lowest BCUT2D eigenvalue weighted by Gasteiger charge is -2.44. The van der Waals surface area contributed by atoms with Gasteiger partial charge in [-0.15, -0.1) is 12.3 Å². The number of aliphatic hydroxyl groups excluding tert-OH is 1. The highest BCUT2D eigenvalue weighted by molar-refractivity contribution is 6.74. The lowest BCUT2D eigenvalue weighted by atomic mass is 9.84. The second-order valence-corrected chi connectivity index (χ2v) is 12.8. The Kier molecular flexibility index (Phi) is 7.69. The summed E-state index contributed by atoms with van der Waals surface area (Å²) in [4.78, 5) is 0. The Morgan fingerprint density at radius 1 is 1.19 bits per heavy atom. The molecule has 3 heteroatoms. The predicted octanol–water partition coefficient (Wildman–Crippen LogP) is 4.69. The van der Waals surface area contributed by atoms with Crippen LogP contribution >= 0.6 is 0 Å². The third-order valence-corrected chi connectivity index (χ3v) is 9.75. The number of hydrogen-bond acceptors (Lipinski definition) is 2. The topological polar surface area (TPSA) is 29.5 Å². The van der Waals surface area contributed by atoms with Gasteiger partial charge in [-0.05, 0) is 31.0 Å². The summed E-state index contributed by atoms with van der Waals surface area (Å²) in [5.41, 5.74) is 0. The second kappa shape index (κ2) is 7.81. The summed E-state index contributed by atoms with van der Waals surface area (Å²) in [7, 11) is -1.86. The number of rotatable bonds is 7. The van der Waals surface area contributed by atoms with Crippen LogP contribution in [0, 0.1) is 30.1 Å². The molecule has 5 atom stereocenters. The van der Waals surface area contributed by atoms with Crippen LogP contribution in [-0.4, -0.2) is 25.6 Å². The minimum atomic E-state index is -1.86. The predicted molar refractivity (Wildman–Crippen MR) is 94.7 cm³/mol. The van der Waals surface area contributed by atoms with Crippen molar-refractivity contribution in [2.24, 2.45) is 17.8 Å². The molecule has 0 rings (SSSR count). The summed E-state index contributed by atoms with van der Waals surface area (Å²) < 4.78 is 6.64. The minimum Gasteiger partial charge on any atom is -0.413 e. The van der Waals surface area contributed by atoms with E-state index in [1.165, 1.54) is 0 Å². The fraction of sp³-hybridized carbons (Fsp3) is 0.889. The van der Waals surface area contributed by atoms with Crippen molar-refractivity contribution in [2.75, 3.05) is 0 Å². The van der Waals surface area contributed by atoms with E-state index in [1.54, 1.807) is 0 Å². The van der Waals surface area contributed by atoms with Crippen molar-refractivity contribution in [2.45, 2.75) is 85.2 Å². The van der Waals surface area contributed by atoms with E-state index in [9.17, 15) is 5.11 Å². The maximum absolute atomic E-state index is 10.5. The highest BCUT2D eigenvalue weighted by Gasteiger charge is 2.42. The summed E-state index contributed by atoms with van der Waals surface area (Å²) in [5.74, 6) is 2.97. The molecule has 1 N–H and O–H groups in total. The molecule has 0 bridgehead atoms. The molecular formula is C18H36O2Si. The molecule has 0 spiro atoms. The van der Waals surface area contributed by atoms with Crippen LogP contribution < -0.4 is 0 Å². The molecule has 0 saturated heterocycles. The van der Waals surface area contributed by atoms with Gasteiger partial charge in [0, 0.05) is 11.8 Å². The third kappa shape index (κ3) is 5.43. The largest absolute Gasteiger partial charge is 0.413 e. The smallest absolute Gasteiger partial charge is 0.192 e. The quantitative estimate of drug-likeness (QED) is 0.546. The molecule has 0 aromatic carbocycles. The lowest BCUT2D eigenvalue weighted by molar-refractivity contribution is -0.0125. The van der Waals surface area contributed by atoms with Crippen LogP contribution in [0.5, 0.6) is 0 Å². The van der Waals surface area contributed by atoms with Gasteiger partial charge < -0.3 is 9.53 Å². The highest BCUT2D eigenvalue weighted by Crippen LogP contribution is 2.40. The molecule has 0 aliphatic rings. The Morgan fingerprint density at radius 2 is 1.67 bits per heavy atom. The maximum Gasteiger partial charge on any atom is 0.192 e. The summed E-state index contributed by atoms with van der Waals surface area (Å²) in [6.45, 7) is 19.6. The van der Waals surface area contributed by atoms with Crippen molar-refractivity contribution >= 4 is 8.32 Å². The fourth-order valence-corrected chi connectivity index (χ4v) is 3.72. The molecule has 0 amide bonds. The molecule has 0 aromatic rings. The molecule has 21 heavy (non-hydrogen) atoms. The van der Waals surface area contributed by atoms with Crippen LogP contribution in [0.15, 0.2) is 0 Å². The maximum atomic E-state index is 10.5. The van der Waals surface area contributed by atoms with Gasteiger partial charge in [0.2, 0.25) is 0 Å². The molecule has 0 unspecified atom stereocenters. The molecule has 0 aromatic heterocycles. The monoisotopic (exact) mass is 312 g/mol. The van der Waals surface area contributed by atoms with Crippen LogP contribution in [0.4, 0.5) is 0 Å². The Hall–Kier alpha value is -0.303. The van der Waals surface area contributed by atoms with Crippen molar-refractivity contribution in [3.8, 4) is 12.3 Å². The SMILES string of the molecule is C#C[C@H](C)[C@H](O)[C@@H](C)[C@@H](O[Si](C)(C)C(C)(C)C)[C@H](C)CC. The van der Waals surface area contributed by atoms with Gasteiger partial charge in [0.1, 0.15) is 0 Å². The van der Waals surface area contributed by atoms with E-state index in [-0.39, 0.29) is 23.0 Å². The van der Waals surface area contributed by atoms with Gasteiger partial charge >= 0.3 is 0 Å². The summed E-state index contributed by atoms with van der Waals surface area (Å²) in [6, 6.07) is 0. The van der Waals surface area contributed by atoms with Gasteiger partial charge in [0.15, 0.2) is 8.32 Å². The zero-order valence-electron chi connectivity index (χ0n) is 15.5. The second-order valence-electron chi connectivity index (χ2n) is 8.03. The van der Waals surface area contributed by atoms with Crippen molar-refractivity contribution < 1.29 is 9.53 Å². The van der Waals surface area contributed by atoms with E-state index < -0.39 is 14.4 Å². The van der Waals surface area contributed by atoms with E-state index in [4.69, 9.17) is 10.8 Å². The number of hydrogen-bond donors (Lipinski definition) is 1. The molecule has 124 valence electrons. The molecule has 0 aliphatic carbocycles. The average molecular weight is 313 g/mol. The highest BCUT2D eigenvalue weighted by atomic mass is 28.4. The van der Waals surface area contributed by atoms with Gasteiger partial charge in [-0.25, -0.2) is 0 Å². The first-order valence-electron chi connectivity index (χ1n) is 8.21.